The normalized spacial score (nSPS) is 20.3. The Morgan fingerprint density at radius 2 is 1.59 bits per heavy atom. The van der Waals surface area contributed by atoms with Crippen LogP contribution in [0.15, 0.2) is 60.7 Å². The lowest BCUT2D eigenvalue weighted by Crippen LogP contribution is -2.15. The van der Waals surface area contributed by atoms with Gasteiger partial charge in [-0.25, -0.2) is 0 Å². The van der Waals surface area contributed by atoms with Crippen LogP contribution in [0.2, 0.25) is 5.02 Å². The van der Waals surface area contributed by atoms with E-state index in [4.69, 9.17) is 11.6 Å². The maximum atomic E-state index is 10.9. The molecule has 29 heavy (non-hydrogen) atoms. The molecule has 3 aliphatic carbocycles. The number of allylic oxidation sites excluding steroid dienone is 2. The molecule has 1 aromatic heterocycles. The van der Waals surface area contributed by atoms with Crippen molar-refractivity contribution in [3.63, 3.8) is 0 Å². The van der Waals surface area contributed by atoms with Crippen LogP contribution < -0.4 is 0 Å². The van der Waals surface area contributed by atoms with Gasteiger partial charge in [0.25, 0.3) is 0 Å². The van der Waals surface area contributed by atoms with Crippen LogP contribution in [0, 0.1) is 11.3 Å². The predicted octanol–water partition coefficient (Wildman–Crippen LogP) is 5.73. The number of benzene rings is 2. The SMILES string of the molecule is N#CC(c1ccccc1)c1ccc(-n2c(O)c3c(c2O)[C@H]2C=C[C@@H]3CC2)cc1Cl. The van der Waals surface area contributed by atoms with Gasteiger partial charge < -0.3 is 10.2 Å². The van der Waals surface area contributed by atoms with Gasteiger partial charge in [0, 0.05) is 28.0 Å². The number of hydrogen-bond donors (Lipinski definition) is 2. The van der Waals surface area contributed by atoms with Gasteiger partial charge in [0.15, 0.2) is 0 Å². The fraction of sp³-hybridized carbons (Fsp3) is 0.208. The molecular weight excluding hydrogens is 384 g/mol. The first-order valence-electron chi connectivity index (χ1n) is 9.69. The number of nitrogens with zero attached hydrogens (tertiary/aromatic N) is 2. The van der Waals surface area contributed by atoms with Crippen molar-refractivity contribution in [2.75, 3.05) is 0 Å². The standard InChI is InChI=1S/C24H19ClN2O2/c25-20-12-17(10-11-18(20)19(13-26)14-4-2-1-3-5-14)27-23(28)21-15-6-7-16(9-8-15)22(21)24(27)29/h1-7,10-12,15-16,19,28-29H,8-9H2/t15-,16+,19?. The lowest BCUT2D eigenvalue weighted by molar-refractivity contribution is 0.399. The molecule has 4 nitrogen and oxygen atoms in total. The topological polar surface area (TPSA) is 69.2 Å². The van der Waals surface area contributed by atoms with Gasteiger partial charge >= 0.3 is 0 Å². The molecule has 2 bridgehead atoms. The van der Waals surface area contributed by atoms with Crippen LogP contribution in [0.4, 0.5) is 0 Å². The highest BCUT2D eigenvalue weighted by Crippen LogP contribution is 2.54. The zero-order chi connectivity index (χ0) is 20.1. The molecule has 0 amide bonds. The van der Waals surface area contributed by atoms with Gasteiger partial charge in [0.2, 0.25) is 11.8 Å². The average Bonchev–Trinajstić information content (AvgIpc) is 3.04. The molecule has 0 fully saturated rings. The first-order valence-corrected chi connectivity index (χ1v) is 10.1. The van der Waals surface area contributed by atoms with Crippen LogP contribution in [0.1, 0.15) is 52.8 Å². The molecule has 6 rings (SSSR count). The Labute approximate surface area is 173 Å². The third-order valence-corrected chi connectivity index (χ3v) is 6.44. The summed E-state index contributed by atoms with van der Waals surface area (Å²) < 4.78 is 1.46. The Kier molecular flexibility index (Phi) is 4.15. The highest BCUT2D eigenvalue weighted by molar-refractivity contribution is 6.31. The molecule has 0 radical (unpaired) electrons. The summed E-state index contributed by atoms with van der Waals surface area (Å²) in [5.41, 5.74) is 3.78. The van der Waals surface area contributed by atoms with Crippen LogP contribution in [0.25, 0.3) is 5.69 Å². The maximum absolute atomic E-state index is 10.9. The smallest absolute Gasteiger partial charge is 0.202 e. The first kappa shape index (κ1) is 17.9. The Morgan fingerprint density at radius 3 is 2.10 bits per heavy atom. The number of nitriles is 1. The fourth-order valence-electron chi connectivity index (χ4n) is 4.72. The highest BCUT2D eigenvalue weighted by atomic mass is 35.5. The third-order valence-electron chi connectivity index (χ3n) is 6.12. The van der Waals surface area contributed by atoms with Crippen molar-refractivity contribution < 1.29 is 10.2 Å². The molecule has 3 aliphatic rings. The second-order valence-electron chi connectivity index (χ2n) is 7.66. The quantitative estimate of drug-likeness (QED) is 0.550. The zero-order valence-electron chi connectivity index (χ0n) is 15.6. The van der Waals surface area contributed by atoms with Gasteiger partial charge in [-0.1, -0.05) is 60.2 Å². The molecule has 5 heteroatoms. The Bertz CT molecular complexity index is 1140. The van der Waals surface area contributed by atoms with E-state index in [-0.39, 0.29) is 23.6 Å². The fourth-order valence-corrected chi connectivity index (χ4v) is 5.00. The summed E-state index contributed by atoms with van der Waals surface area (Å²) in [6.07, 6.45) is 6.19. The monoisotopic (exact) mass is 402 g/mol. The second-order valence-corrected chi connectivity index (χ2v) is 8.07. The molecule has 2 N–H and O–H groups in total. The van der Waals surface area contributed by atoms with E-state index in [2.05, 4.69) is 18.2 Å². The minimum atomic E-state index is -0.488. The van der Waals surface area contributed by atoms with Crippen molar-refractivity contribution in [1.29, 1.82) is 5.26 Å². The molecule has 144 valence electrons. The molecule has 0 saturated carbocycles. The van der Waals surface area contributed by atoms with Crippen molar-refractivity contribution >= 4 is 11.6 Å². The number of halogens is 1. The lowest BCUT2D eigenvalue weighted by atomic mass is 9.73. The van der Waals surface area contributed by atoms with Crippen LogP contribution in [0.5, 0.6) is 11.8 Å². The molecule has 0 spiro atoms. The lowest BCUT2D eigenvalue weighted by Gasteiger charge is -2.30. The molecule has 3 aromatic rings. The summed E-state index contributed by atoms with van der Waals surface area (Å²) in [6, 6.07) is 17.1. The molecule has 0 aliphatic heterocycles. The van der Waals surface area contributed by atoms with Crippen LogP contribution >= 0.6 is 11.6 Å². The summed E-state index contributed by atoms with van der Waals surface area (Å²) >= 11 is 6.56. The first-order chi connectivity index (χ1) is 14.1. The zero-order valence-corrected chi connectivity index (χ0v) is 16.3. The summed E-state index contributed by atoms with van der Waals surface area (Å²) in [5, 5.41) is 31.9. The number of hydrogen-bond acceptors (Lipinski definition) is 3. The van der Waals surface area contributed by atoms with Gasteiger partial charge in [0.05, 0.1) is 17.7 Å². The van der Waals surface area contributed by atoms with E-state index in [0.29, 0.717) is 16.3 Å². The average molecular weight is 403 g/mol. The van der Waals surface area contributed by atoms with Crippen molar-refractivity contribution in [3.05, 3.63) is 88.0 Å². The number of aromatic nitrogens is 1. The Morgan fingerprint density at radius 1 is 0.966 bits per heavy atom. The molecule has 2 aromatic carbocycles. The largest absolute Gasteiger partial charge is 0.494 e. The molecule has 3 atom stereocenters. The van der Waals surface area contributed by atoms with E-state index in [1.165, 1.54) is 4.57 Å². The third kappa shape index (κ3) is 2.66. The van der Waals surface area contributed by atoms with E-state index in [1.807, 2.05) is 30.3 Å². The number of aromatic hydroxyl groups is 2. The van der Waals surface area contributed by atoms with E-state index in [9.17, 15) is 15.5 Å². The molecule has 1 unspecified atom stereocenters. The van der Waals surface area contributed by atoms with E-state index >= 15 is 0 Å². The van der Waals surface area contributed by atoms with Crippen LogP contribution in [-0.4, -0.2) is 14.8 Å². The van der Waals surface area contributed by atoms with Gasteiger partial charge in [-0.2, -0.15) is 5.26 Å². The van der Waals surface area contributed by atoms with Crippen LogP contribution in [-0.2, 0) is 0 Å². The predicted molar refractivity (Wildman–Crippen MR) is 112 cm³/mol. The minimum absolute atomic E-state index is 0.0697. The van der Waals surface area contributed by atoms with E-state index in [0.717, 1.165) is 29.5 Å². The van der Waals surface area contributed by atoms with Gasteiger partial charge in [-0.15, -0.1) is 0 Å². The van der Waals surface area contributed by atoms with Gasteiger partial charge in [-0.3, -0.25) is 4.57 Å². The summed E-state index contributed by atoms with van der Waals surface area (Å²) in [6.45, 7) is 0. The van der Waals surface area contributed by atoms with Crippen LogP contribution in [0.3, 0.4) is 0 Å². The Balaban J connectivity index is 1.59. The summed E-state index contributed by atoms with van der Waals surface area (Å²) in [4.78, 5) is 0. The number of rotatable bonds is 3. The van der Waals surface area contributed by atoms with Crippen molar-refractivity contribution in [2.45, 2.75) is 30.6 Å². The highest BCUT2D eigenvalue weighted by Gasteiger charge is 2.38. The van der Waals surface area contributed by atoms with Gasteiger partial charge in [-0.05, 0) is 36.1 Å². The molecule has 1 heterocycles. The van der Waals surface area contributed by atoms with E-state index < -0.39 is 5.92 Å². The number of fused-ring (bicyclic) bond motifs is 1. The van der Waals surface area contributed by atoms with Crippen molar-refractivity contribution in [2.24, 2.45) is 0 Å². The van der Waals surface area contributed by atoms with Gasteiger partial charge in [0.1, 0.15) is 0 Å². The second kappa shape index (κ2) is 6.72. The van der Waals surface area contributed by atoms with Crippen molar-refractivity contribution in [1.82, 2.24) is 4.57 Å². The van der Waals surface area contributed by atoms with Crippen molar-refractivity contribution in [3.8, 4) is 23.5 Å². The summed E-state index contributed by atoms with van der Waals surface area (Å²) in [7, 11) is 0. The molecule has 0 saturated heterocycles. The summed E-state index contributed by atoms with van der Waals surface area (Å²) in [5.74, 6) is -0.0748. The van der Waals surface area contributed by atoms with E-state index in [1.54, 1.807) is 18.2 Å². The minimum Gasteiger partial charge on any atom is -0.494 e. The maximum Gasteiger partial charge on any atom is 0.202 e. The molecular formula is C24H19ClN2O2. The Hall–Kier alpha value is -3.16.